The maximum absolute atomic E-state index is 13.3. The lowest BCUT2D eigenvalue weighted by Gasteiger charge is -2.31. The van der Waals surface area contributed by atoms with Gasteiger partial charge in [0.15, 0.2) is 0 Å². The van der Waals surface area contributed by atoms with E-state index in [-0.39, 0.29) is 11.7 Å². The standard InChI is InChI=1S/C24H25FN4O/c25-18-5-6-21-22(13-18)28-24(27-21)8-7-23(30)16-9-11-29(12-10-16)15-17-14-26-20-4-2-1-3-19(17)20/h1-6,13-14,16,26H,7-12,15H2,(H,27,28). The molecule has 154 valence electrons. The zero-order valence-corrected chi connectivity index (χ0v) is 16.8. The van der Waals surface area contributed by atoms with Crippen LogP contribution in [0.3, 0.4) is 0 Å². The van der Waals surface area contributed by atoms with E-state index in [1.165, 1.54) is 28.6 Å². The highest BCUT2D eigenvalue weighted by Gasteiger charge is 2.25. The molecule has 0 amide bonds. The monoisotopic (exact) mass is 404 g/mol. The van der Waals surface area contributed by atoms with Crippen LogP contribution in [0.2, 0.25) is 0 Å². The Morgan fingerprint density at radius 1 is 1.13 bits per heavy atom. The molecule has 6 heteroatoms. The second kappa shape index (κ2) is 8.03. The van der Waals surface area contributed by atoms with Crippen LogP contribution < -0.4 is 0 Å². The number of aromatic amines is 2. The normalized spacial score (nSPS) is 15.9. The quantitative estimate of drug-likeness (QED) is 0.494. The third kappa shape index (κ3) is 3.87. The molecule has 5 nitrogen and oxygen atoms in total. The van der Waals surface area contributed by atoms with E-state index < -0.39 is 0 Å². The lowest BCUT2D eigenvalue weighted by Crippen LogP contribution is -2.36. The number of benzene rings is 2. The number of carbonyl (C=O) groups excluding carboxylic acids is 1. The number of piperidine rings is 1. The zero-order chi connectivity index (χ0) is 20.5. The third-order valence-corrected chi connectivity index (χ3v) is 6.21. The Kier molecular flexibility index (Phi) is 5.09. The van der Waals surface area contributed by atoms with Crippen molar-refractivity contribution in [3.05, 3.63) is 65.9 Å². The number of likely N-dealkylation sites (tertiary alicyclic amines) is 1. The number of para-hydroxylation sites is 1. The smallest absolute Gasteiger partial charge is 0.136 e. The van der Waals surface area contributed by atoms with E-state index in [4.69, 9.17) is 0 Å². The molecule has 2 N–H and O–H groups in total. The van der Waals surface area contributed by atoms with Crippen LogP contribution in [0.25, 0.3) is 21.9 Å². The minimum absolute atomic E-state index is 0.131. The Morgan fingerprint density at radius 3 is 2.83 bits per heavy atom. The topological polar surface area (TPSA) is 64.8 Å². The van der Waals surface area contributed by atoms with Crippen LogP contribution >= 0.6 is 0 Å². The summed E-state index contributed by atoms with van der Waals surface area (Å²) in [5, 5.41) is 1.28. The number of halogens is 1. The molecule has 2 aromatic carbocycles. The van der Waals surface area contributed by atoms with E-state index >= 15 is 0 Å². The number of Topliss-reactive ketones (excluding diaryl/α,β-unsaturated/α-hetero) is 1. The fourth-order valence-corrected chi connectivity index (χ4v) is 4.52. The van der Waals surface area contributed by atoms with Crippen LogP contribution in [0.4, 0.5) is 4.39 Å². The number of aryl methyl sites for hydroxylation is 1. The first kappa shape index (κ1) is 19.0. The molecule has 2 aromatic heterocycles. The Morgan fingerprint density at radius 2 is 1.97 bits per heavy atom. The number of aromatic nitrogens is 3. The predicted octanol–water partition coefficient (Wildman–Crippen LogP) is 4.60. The molecule has 0 spiro atoms. The molecular weight excluding hydrogens is 379 g/mol. The van der Waals surface area contributed by atoms with Crippen molar-refractivity contribution in [1.82, 2.24) is 19.9 Å². The van der Waals surface area contributed by atoms with Gasteiger partial charge in [-0.1, -0.05) is 18.2 Å². The maximum Gasteiger partial charge on any atom is 0.136 e. The molecule has 0 bridgehead atoms. The number of imidazole rings is 1. The third-order valence-electron chi connectivity index (χ3n) is 6.21. The van der Waals surface area contributed by atoms with E-state index in [0.717, 1.165) is 43.8 Å². The zero-order valence-electron chi connectivity index (χ0n) is 16.8. The molecule has 0 unspecified atom stereocenters. The summed E-state index contributed by atoms with van der Waals surface area (Å²) in [6, 6.07) is 12.9. The number of ketones is 1. The highest BCUT2D eigenvalue weighted by molar-refractivity contribution is 5.83. The van der Waals surface area contributed by atoms with Crippen molar-refractivity contribution in [1.29, 1.82) is 0 Å². The number of fused-ring (bicyclic) bond motifs is 2. The van der Waals surface area contributed by atoms with Crippen LogP contribution in [-0.4, -0.2) is 38.7 Å². The average molecular weight is 404 g/mol. The first-order chi connectivity index (χ1) is 14.7. The van der Waals surface area contributed by atoms with Gasteiger partial charge in [-0.05, 0) is 55.8 Å². The minimum atomic E-state index is -0.284. The molecule has 1 saturated heterocycles. The summed E-state index contributed by atoms with van der Waals surface area (Å²) in [7, 11) is 0. The second-order valence-corrected chi connectivity index (χ2v) is 8.22. The van der Waals surface area contributed by atoms with Gasteiger partial charge in [-0.25, -0.2) is 9.37 Å². The van der Waals surface area contributed by atoms with E-state index in [1.54, 1.807) is 6.07 Å². The molecule has 1 aliphatic heterocycles. The number of rotatable bonds is 6. The molecule has 1 aliphatic rings. The number of carbonyl (C=O) groups is 1. The Labute approximate surface area is 174 Å². The van der Waals surface area contributed by atoms with Gasteiger partial charge in [-0.15, -0.1) is 0 Å². The number of hydrogen-bond acceptors (Lipinski definition) is 3. The Balaban J connectivity index is 1.13. The molecule has 1 fully saturated rings. The van der Waals surface area contributed by atoms with Crippen molar-refractivity contribution in [2.75, 3.05) is 13.1 Å². The summed E-state index contributed by atoms with van der Waals surface area (Å²) in [4.78, 5) is 26.1. The molecule has 0 aliphatic carbocycles. The Hall–Kier alpha value is -2.99. The summed E-state index contributed by atoms with van der Waals surface area (Å²) in [6.45, 7) is 2.81. The number of nitrogens with one attached hydrogen (secondary N) is 2. The SMILES string of the molecule is O=C(CCc1nc2ccc(F)cc2[nH]1)C1CCN(Cc2c[nH]c3ccccc23)CC1. The van der Waals surface area contributed by atoms with E-state index in [2.05, 4.69) is 44.2 Å². The minimum Gasteiger partial charge on any atom is -0.361 e. The fourth-order valence-electron chi connectivity index (χ4n) is 4.52. The summed E-state index contributed by atoms with van der Waals surface area (Å²) in [5.41, 5.74) is 3.91. The van der Waals surface area contributed by atoms with Gasteiger partial charge < -0.3 is 9.97 Å². The van der Waals surface area contributed by atoms with Gasteiger partial charge in [-0.2, -0.15) is 0 Å². The van der Waals surface area contributed by atoms with Gasteiger partial charge in [0.2, 0.25) is 0 Å². The van der Waals surface area contributed by atoms with Crippen molar-refractivity contribution in [2.45, 2.75) is 32.2 Å². The van der Waals surface area contributed by atoms with Crippen LogP contribution in [0, 0.1) is 11.7 Å². The highest BCUT2D eigenvalue weighted by Crippen LogP contribution is 2.24. The van der Waals surface area contributed by atoms with Crippen LogP contribution in [-0.2, 0) is 17.8 Å². The average Bonchev–Trinajstić information content (AvgIpc) is 3.36. The molecular formula is C24H25FN4O. The molecule has 3 heterocycles. The van der Waals surface area contributed by atoms with Crippen LogP contribution in [0.5, 0.6) is 0 Å². The number of H-pyrrole nitrogens is 2. The first-order valence-corrected chi connectivity index (χ1v) is 10.6. The molecule has 5 rings (SSSR count). The van der Waals surface area contributed by atoms with Crippen molar-refractivity contribution in [3.8, 4) is 0 Å². The lowest BCUT2D eigenvalue weighted by molar-refractivity contribution is -0.124. The molecule has 30 heavy (non-hydrogen) atoms. The van der Waals surface area contributed by atoms with Crippen molar-refractivity contribution in [3.63, 3.8) is 0 Å². The molecule has 4 aromatic rings. The van der Waals surface area contributed by atoms with Gasteiger partial charge in [0.25, 0.3) is 0 Å². The van der Waals surface area contributed by atoms with E-state index in [9.17, 15) is 9.18 Å². The molecule has 0 atom stereocenters. The second-order valence-electron chi connectivity index (χ2n) is 8.22. The van der Waals surface area contributed by atoms with Gasteiger partial charge in [-0.3, -0.25) is 9.69 Å². The molecule has 0 radical (unpaired) electrons. The van der Waals surface area contributed by atoms with E-state index in [0.29, 0.717) is 24.1 Å². The largest absolute Gasteiger partial charge is 0.361 e. The van der Waals surface area contributed by atoms with Crippen molar-refractivity contribution < 1.29 is 9.18 Å². The lowest BCUT2D eigenvalue weighted by atomic mass is 9.90. The van der Waals surface area contributed by atoms with Crippen molar-refractivity contribution in [2.24, 2.45) is 5.92 Å². The number of nitrogens with zero attached hydrogens (tertiary/aromatic N) is 2. The van der Waals surface area contributed by atoms with Gasteiger partial charge in [0, 0.05) is 42.4 Å². The predicted molar refractivity (Wildman–Crippen MR) is 116 cm³/mol. The van der Waals surface area contributed by atoms with Crippen LogP contribution in [0.15, 0.2) is 48.7 Å². The summed E-state index contributed by atoms with van der Waals surface area (Å²) in [5.74, 6) is 0.910. The first-order valence-electron chi connectivity index (χ1n) is 10.6. The Bertz CT molecular complexity index is 1190. The highest BCUT2D eigenvalue weighted by atomic mass is 19.1. The van der Waals surface area contributed by atoms with Crippen LogP contribution in [0.1, 0.15) is 30.7 Å². The van der Waals surface area contributed by atoms with E-state index in [1.807, 2.05) is 6.07 Å². The number of hydrogen-bond donors (Lipinski definition) is 2. The van der Waals surface area contributed by atoms with Gasteiger partial charge >= 0.3 is 0 Å². The van der Waals surface area contributed by atoms with Crippen molar-refractivity contribution >= 4 is 27.7 Å². The van der Waals surface area contributed by atoms with Gasteiger partial charge in [0.05, 0.1) is 11.0 Å². The fraction of sp³-hybridized carbons (Fsp3) is 0.333. The summed E-state index contributed by atoms with van der Waals surface area (Å²) < 4.78 is 13.3. The van der Waals surface area contributed by atoms with Gasteiger partial charge in [0.1, 0.15) is 17.4 Å². The maximum atomic E-state index is 13.3. The summed E-state index contributed by atoms with van der Waals surface area (Å²) in [6.07, 6.45) is 4.97. The molecule has 0 saturated carbocycles. The summed E-state index contributed by atoms with van der Waals surface area (Å²) >= 11 is 0.